The van der Waals surface area contributed by atoms with Crippen LogP contribution in [-0.2, 0) is 13.1 Å². The fourth-order valence-corrected chi connectivity index (χ4v) is 1.76. The Hall–Kier alpha value is -1.61. The Kier molecular flexibility index (Phi) is 3.06. The average Bonchev–Trinajstić information content (AvgIpc) is 2.73. The molecule has 0 saturated heterocycles. The van der Waals surface area contributed by atoms with E-state index in [1.165, 1.54) is 5.56 Å². The Morgan fingerprint density at radius 2 is 1.94 bits per heavy atom. The standard InChI is InChI=1S/C13H17N3/c1-3-16-12(9-14)8-13(15-16)11-6-4-10(2)5-7-11/h4-8H,3,9,14H2,1-2H3. The van der Waals surface area contributed by atoms with Crippen molar-refractivity contribution in [2.45, 2.75) is 26.9 Å². The minimum Gasteiger partial charge on any atom is -0.325 e. The van der Waals surface area contributed by atoms with Gasteiger partial charge in [-0.05, 0) is 19.9 Å². The summed E-state index contributed by atoms with van der Waals surface area (Å²) >= 11 is 0. The molecule has 0 spiro atoms. The van der Waals surface area contributed by atoms with Gasteiger partial charge in [-0.25, -0.2) is 0 Å². The minimum absolute atomic E-state index is 0.534. The van der Waals surface area contributed by atoms with E-state index in [1.807, 2.05) is 4.68 Å². The van der Waals surface area contributed by atoms with Crippen LogP contribution in [0.5, 0.6) is 0 Å². The molecule has 2 N–H and O–H groups in total. The van der Waals surface area contributed by atoms with Crippen molar-refractivity contribution in [2.24, 2.45) is 5.73 Å². The van der Waals surface area contributed by atoms with Crippen molar-refractivity contribution in [1.29, 1.82) is 0 Å². The van der Waals surface area contributed by atoms with Gasteiger partial charge in [-0.15, -0.1) is 0 Å². The van der Waals surface area contributed by atoms with Crippen LogP contribution >= 0.6 is 0 Å². The number of nitrogens with zero attached hydrogens (tertiary/aromatic N) is 2. The molecule has 0 fully saturated rings. The third-order valence-electron chi connectivity index (χ3n) is 2.72. The monoisotopic (exact) mass is 215 g/mol. The van der Waals surface area contributed by atoms with Crippen LogP contribution in [0.15, 0.2) is 30.3 Å². The molecular formula is C13H17N3. The molecule has 0 bridgehead atoms. The van der Waals surface area contributed by atoms with E-state index in [0.717, 1.165) is 23.5 Å². The average molecular weight is 215 g/mol. The maximum atomic E-state index is 5.68. The molecule has 0 atom stereocenters. The molecule has 2 aromatic rings. The Labute approximate surface area is 95.9 Å². The molecule has 84 valence electrons. The second-order valence-corrected chi connectivity index (χ2v) is 3.91. The molecule has 1 aromatic carbocycles. The molecular weight excluding hydrogens is 198 g/mol. The van der Waals surface area contributed by atoms with E-state index in [9.17, 15) is 0 Å². The zero-order valence-corrected chi connectivity index (χ0v) is 9.77. The molecule has 0 saturated carbocycles. The van der Waals surface area contributed by atoms with Crippen molar-refractivity contribution in [2.75, 3.05) is 0 Å². The highest BCUT2D eigenvalue weighted by atomic mass is 15.3. The van der Waals surface area contributed by atoms with E-state index >= 15 is 0 Å². The summed E-state index contributed by atoms with van der Waals surface area (Å²) < 4.78 is 1.95. The smallest absolute Gasteiger partial charge is 0.0926 e. The van der Waals surface area contributed by atoms with Gasteiger partial charge in [0.05, 0.1) is 11.4 Å². The van der Waals surface area contributed by atoms with E-state index < -0.39 is 0 Å². The number of rotatable bonds is 3. The summed E-state index contributed by atoms with van der Waals surface area (Å²) in [4.78, 5) is 0. The molecule has 0 amide bonds. The van der Waals surface area contributed by atoms with E-state index in [-0.39, 0.29) is 0 Å². The first-order valence-electron chi connectivity index (χ1n) is 5.58. The summed E-state index contributed by atoms with van der Waals surface area (Å²) in [6.45, 7) is 5.55. The molecule has 0 unspecified atom stereocenters. The van der Waals surface area contributed by atoms with Crippen LogP contribution in [0.3, 0.4) is 0 Å². The molecule has 0 aliphatic rings. The molecule has 1 aromatic heterocycles. The molecule has 1 heterocycles. The van der Waals surface area contributed by atoms with Crippen molar-refractivity contribution in [3.05, 3.63) is 41.6 Å². The third-order valence-corrected chi connectivity index (χ3v) is 2.72. The van der Waals surface area contributed by atoms with Crippen LogP contribution in [0.25, 0.3) is 11.3 Å². The van der Waals surface area contributed by atoms with E-state index in [4.69, 9.17) is 5.73 Å². The molecule has 16 heavy (non-hydrogen) atoms. The van der Waals surface area contributed by atoms with Crippen LogP contribution in [-0.4, -0.2) is 9.78 Å². The summed E-state index contributed by atoms with van der Waals surface area (Å²) in [6, 6.07) is 10.5. The van der Waals surface area contributed by atoms with Gasteiger partial charge in [0.25, 0.3) is 0 Å². The highest BCUT2D eigenvalue weighted by Crippen LogP contribution is 2.19. The van der Waals surface area contributed by atoms with Crippen LogP contribution in [0.4, 0.5) is 0 Å². The van der Waals surface area contributed by atoms with Crippen molar-refractivity contribution >= 4 is 0 Å². The molecule has 3 heteroatoms. The lowest BCUT2D eigenvalue weighted by atomic mass is 10.1. The second-order valence-electron chi connectivity index (χ2n) is 3.91. The van der Waals surface area contributed by atoms with Crippen molar-refractivity contribution in [1.82, 2.24) is 9.78 Å². The Bertz CT molecular complexity index is 447. The summed E-state index contributed by atoms with van der Waals surface area (Å²) in [7, 11) is 0. The maximum absolute atomic E-state index is 5.68. The van der Waals surface area contributed by atoms with Gasteiger partial charge >= 0.3 is 0 Å². The number of benzene rings is 1. The number of aryl methyl sites for hydroxylation is 2. The third kappa shape index (κ3) is 1.99. The first kappa shape index (κ1) is 10.9. The maximum Gasteiger partial charge on any atom is 0.0926 e. The van der Waals surface area contributed by atoms with E-state index in [1.54, 1.807) is 0 Å². The van der Waals surface area contributed by atoms with Gasteiger partial charge < -0.3 is 5.73 Å². The highest BCUT2D eigenvalue weighted by Gasteiger charge is 2.06. The first-order valence-corrected chi connectivity index (χ1v) is 5.58. The number of nitrogens with two attached hydrogens (primary N) is 1. The van der Waals surface area contributed by atoms with Gasteiger partial charge in [-0.2, -0.15) is 5.10 Å². The van der Waals surface area contributed by atoms with Gasteiger partial charge in [0, 0.05) is 18.7 Å². The fraction of sp³-hybridized carbons (Fsp3) is 0.308. The van der Waals surface area contributed by atoms with Gasteiger partial charge in [-0.1, -0.05) is 29.8 Å². The van der Waals surface area contributed by atoms with Gasteiger partial charge in [0.2, 0.25) is 0 Å². The van der Waals surface area contributed by atoms with Crippen molar-refractivity contribution in [3.8, 4) is 11.3 Å². The second kappa shape index (κ2) is 4.49. The number of hydrogen-bond donors (Lipinski definition) is 1. The topological polar surface area (TPSA) is 43.8 Å². The lowest BCUT2D eigenvalue weighted by Crippen LogP contribution is -2.06. The zero-order valence-electron chi connectivity index (χ0n) is 9.77. The van der Waals surface area contributed by atoms with Crippen molar-refractivity contribution < 1.29 is 0 Å². The van der Waals surface area contributed by atoms with Crippen molar-refractivity contribution in [3.63, 3.8) is 0 Å². The van der Waals surface area contributed by atoms with Gasteiger partial charge in [0.1, 0.15) is 0 Å². The van der Waals surface area contributed by atoms with Crippen LogP contribution in [0.1, 0.15) is 18.2 Å². The van der Waals surface area contributed by atoms with Gasteiger partial charge in [0.15, 0.2) is 0 Å². The molecule has 0 aliphatic carbocycles. The van der Waals surface area contributed by atoms with Gasteiger partial charge in [-0.3, -0.25) is 4.68 Å². The van der Waals surface area contributed by atoms with Crippen LogP contribution in [0, 0.1) is 6.92 Å². The summed E-state index contributed by atoms with van der Waals surface area (Å²) in [5, 5.41) is 4.54. The molecule has 0 radical (unpaired) electrons. The predicted octanol–water partition coefficient (Wildman–Crippen LogP) is 2.34. The SMILES string of the molecule is CCn1nc(-c2ccc(C)cc2)cc1CN. The molecule has 3 nitrogen and oxygen atoms in total. The zero-order chi connectivity index (χ0) is 11.5. The summed E-state index contributed by atoms with van der Waals surface area (Å²) in [5.41, 5.74) is 10.2. The fourth-order valence-electron chi connectivity index (χ4n) is 1.76. The quantitative estimate of drug-likeness (QED) is 0.854. The largest absolute Gasteiger partial charge is 0.325 e. The summed E-state index contributed by atoms with van der Waals surface area (Å²) in [6.07, 6.45) is 0. The Balaban J connectivity index is 2.40. The number of hydrogen-bond acceptors (Lipinski definition) is 2. The Morgan fingerprint density at radius 3 is 2.44 bits per heavy atom. The van der Waals surface area contributed by atoms with E-state index in [0.29, 0.717) is 6.54 Å². The normalized spacial score (nSPS) is 10.7. The predicted molar refractivity (Wildman–Crippen MR) is 66.0 cm³/mol. The van der Waals surface area contributed by atoms with Crippen LogP contribution in [0.2, 0.25) is 0 Å². The van der Waals surface area contributed by atoms with E-state index in [2.05, 4.69) is 49.3 Å². The lowest BCUT2D eigenvalue weighted by molar-refractivity contribution is 0.624. The minimum atomic E-state index is 0.534. The number of aromatic nitrogens is 2. The Morgan fingerprint density at radius 1 is 1.25 bits per heavy atom. The first-order chi connectivity index (χ1) is 7.74. The molecule has 0 aliphatic heterocycles. The van der Waals surface area contributed by atoms with Crippen LogP contribution < -0.4 is 5.73 Å². The lowest BCUT2D eigenvalue weighted by Gasteiger charge is -1.99. The highest BCUT2D eigenvalue weighted by molar-refractivity contribution is 5.59. The summed E-state index contributed by atoms with van der Waals surface area (Å²) in [5.74, 6) is 0. The molecule has 2 rings (SSSR count).